The van der Waals surface area contributed by atoms with Crippen molar-refractivity contribution in [3.63, 3.8) is 0 Å². The molecule has 0 aliphatic rings. The lowest BCUT2D eigenvalue weighted by molar-refractivity contribution is -0.422. The minimum absolute atomic E-state index is 0.162. The summed E-state index contributed by atoms with van der Waals surface area (Å²) < 4.78 is 0. The van der Waals surface area contributed by atoms with Crippen LogP contribution in [0.1, 0.15) is 23.6 Å². The van der Waals surface area contributed by atoms with Crippen molar-refractivity contribution in [2.75, 3.05) is 0 Å². The Morgan fingerprint density at radius 3 is 2.21 bits per heavy atom. The summed E-state index contributed by atoms with van der Waals surface area (Å²) in [6.45, 7) is 5.45. The van der Waals surface area contributed by atoms with Crippen LogP contribution in [0.4, 0.5) is 0 Å². The average molecular weight is 191 g/mol. The first-order valence-electron chi connectivity index (χ1n) is 4.40. The molecule has 1 aromatic carbocycles. The summed E-state index contributed by atoms with van der Waals surface area (Å²) >= 11 is 0. The molecule has 0 aliphatic heterocycles. The van der Waals surface area contributed by atoms with Crippen molar-refractivity contribution >= 4 is 6.08 Å². The number of nitro groups is 1. The molecule has 0 atom stereocenters. The Bertz CT molecular complexity index is 374. The monoisotopic (exact) mass is 191 g/mol. The number of benzene rings is 1. The molecule has 3 nitrogen and oxygen atoms in total. The lowest BCUT2D eigenvalue weighted by Gasteiger charge is -1.99. The SMILES string of the molecule is CC(=Cc1cc(C)cc(C)c1)[N+](=O)[O-]. The van der Waals surface area contributed by atoms with E-state index in [0.29, 0.717) is 0 Å². The summed E-state index contributed by atoms with van der Waals surface area (Å²) in [5, 5.41) is 10.4. The summed E-state index contributed by atoms with van der Waals surface area (Å²) in [6, 6.07) is 5.90. The number of nitrogens with zero attached hydrogens (tertiary/aromatic N) is 1. The van der Waals surface area contributed by atoms with E-state index >= 15 is 0 Å². The van der Waals surface area contributed by atoms with Gasteiger partial charge < -0.3 is 0 Å². The molecule has 0 N–H and O–H groups in total. The molecule has 0 heterocycles. The van der Waals surface area contributed by atoms with Crippen molar-refractivity contribution in [3.05, 3.63) is 50.7 Å². The maximum absolute atomic E-state index is 10.4. The summed E-state index contributed by atoms with van der Waals surface area (Å²) in [5.74, 6) is 0. The molecule has 0 saturated carbocycles. The smallest absolute Gasteiger partial charge is 0.243 e. The van der Waals surface area contributed by atoms with Crippen LogP contribution >= 0.6 is 0 Å². The molecule has 0 aliphatic carbocycles. The minimum atomic E-state index is -0.377. The molecule has 0 spiro atoms. The van der Waals surface area contributed by atoms with Crippen LogP contribution < -0.4 is 0 Å². The van der Waals surface area contributed by atoms with E-state index in [2.05, 4.69) is 0 Å². The van der Waals surface area contributed by atoms with Gasteiger partial charge in [-0.1, -0.05) is 29.3 Å². The average Bonchev–Trinajstić information content (AvgIpc) is 2.01. The van der Waals surface area contributed by atoms with Crippen LogP contribution in [-0.4, -0.2) is 4.92 Å². The maximum atomic E-state index is 10.4. The van der Waals surface area contributed by atoms with Crippen LogP contribution in [0.25, 0.3) is 6.08 Å². The van der Waals surface area contributed by atoms with E-state index < -0.39 is 0 Å². The van der Waals surface area contributed by atoms with Gasteiger partial charge in [0.05, 0.1) is 4.92 Å². The van der Waals surface area contributed by atoms with Crippen LogP contribution in [0, 0.1) is 24.0 Å². The van der Waals surface area contributed by atoms with Gasteiger partial charge in [0.1, 0.15) is 0 Å². The Balaban J connectivity index is 3.08. The van der Waals surface area contributed by atoms with Crippen LogP contribution in [0.3, 0.4) is 0 Å². The molecule has 0 fully saturated rings. The molecule has 0 radical (unpaired) electrons. The standard InChI is InChI=1S/C11H13NO2/c1-8-4-9(2)6-11(5-8)7-10(3)12(13)14/h4-7H,1-3H3. The van der Waals surface area contributed by atoms with Crippen molar-refractivity contribution in [1.82, 2.24) is 0 Å². The first-order valence-corrected chi connectivity index (χ1v) is 4.40. The summed E-state index contributed by atoms with van der Waals surface area (Å²) in [6.07, 6.45) is 1.58. The van der Waals surface area contributed by atoms with Gasteiger partial charge in [-0.2, -0.15) is 0 Å². The van der Waals surface area contributed by atoms with E-state index in [9.17, 15) is 10.1 Å². The van der Waals surface area contributed by atoms with Gasteiger partial charge in [-0.3, -0.25) is 10.1 Å². The van der Waals surface area contributed by atoms with Crippen LogP contribution in [0.15, 0.2) is 23.9 Å². The van der Waals surface area contributed by atoms with Crippen molar-refractivity contribution in [3.8, 4) is 0 Å². The van der Waals surface area contributed by atoms with Gasteiger partial charge in [0, 0.05) is 13.0 Å². The van der Waals surface area contributed by atoms with Crippen molar-refractivity contribution in [2.24, 2.45) is 0 Å². The van der Waals surface area contributed by atoms with Crippen LogP contribution in [-0.2, 0) is 0 Å². The molecular weight excluding hydrogens is 178 g/mol. The molecule has 1 aromatic rings. The quantitative estimate of drug-likeness (QED) is 0.532. The summed E-state index contributed by atoms with van der Waals surface area (Å²) in [5.41, 5.74) is 3.28. The third kappa shape index (κ3) is 2.69. The second kappa shape index (κ2) is 4.05. The van der Waals surface area contributed by atoms with Gasteiger partial charge in [-0.25, -0.2) is 0 Å². The third-order valence-electron chi connectivity index (χ3n) is 1.91. The molecule has 0 amide bonds. The zero-order valence-electron chi connectivity index (χ0n) is 8.57. The highest BCUT2D eigenvalue weighted by Gasteiger charge is 2.02. The van der Waals surface area contributed by atoms with Crippen molar-refractivity contribution in [1.29, 1.82) is 0 Å². The van der Waals surface area contributed by atoms with Gasteiger partial charge in [-0.05, 0) is 19.4 Å². The predicted molar refractivity (Wildman–Crippen MR) is 56.6 cm³/mol. The maximum Gasteiger partial charge on any atom is 0.243 e. The normalized spacial score (nSPS) is 11.5. The van der Waals surface area contributed by atoms with Gasteiger partial charge in [-0.15, -0.1) is 0 Å². The number of allylic oxidation sites excluding steroid dienone is 1. The molecule has 0 unspecified atom stereocenters. The number of rotatable bonds is 2. The highest BCUT2D eigenvalue weighted by molar-refractivity contribution is 5.52. The molecule has 14 heavy (non-hydrogen) atoms. The van der Waals surface area contributed by atoms with E-state index in [0.717, 1.165) is 16.7 Å². The Morgan fingerprint density at radius 1 is 1.29 bits per heavy atom. The van der Waals surface area contributed by atoms with E-state index in [1.807, 2.05) is 32.0 Å². The largest absolute Gasteiger partial charge is 0.259 e. The fourth-order valence-corrected chi connectivity index (χ4v) is 1.39. The zero-order valence-corrected chi connectivity index (χ0v) is 8.57. The molecule has 0 aromatic heterocycles. The van der Waals surface area contributed by atoms with Gasteiger partial charge in [0.15, 0.2) is 0 Å². The van der Waals surface area contributed by atoms with Crippen molar-refractivity contribution in [2.45, 2.75) is 20.8 Å². The lowest BCUT2D eigenvalue weighted by Crippen LogP contribution is -1.93. The van der Waals surface area contributed by atoms with E-state index in [1.165, 1.54) is 6.92 Å². The van der Waals surface area contributed by atoms with Crippen LogP contribution in [0.5, 0.6) is 0 Å². The Kier molecular flexibility index (Phi) is 3.02. The summed E-state index contributed by atoms with van der Waals surface area (Å²) in [4.78, 5) is 10.0. The molecule has 74 valence electrons. The molecule has 3 heteroatoms. The first kappa shape index (κ1) is 10.4. The highest BCUT2D eigenvalue weighted by Crippen LogP contribution is 2.12. The van der Waals surface area contributed by atoms with Crippen LogP contribution in [0.2, 0.25) is 0 Å². The van der Waals surface area contributed by atoms with Gasteiger partial charge >= 0.3 is 0 Å². The lowest BCUT2D eigenvalue weighted by atomic mass is 10.1. The van der Waals surface area contributed by atoms with E-state index in [1.54, 1.807) is 6.08 Å². The summed E-state index contributed by atoms with van der Waals surface area (Å²) in [7, 11) is 0. The third-order valence-corrected chi connectivity index (χ3v) is 1.91. The Morgan fingerprint density at radius 2 is 1.79 bits per heavy atom. The molecule has 0 saturated heterocycles. The van der Waals surface area contributed by atoms with Crippen molar-refractivity contribution < 1.29 is 4.92 Å². The van der Waals surface area contributed by atoms with Gasteiger partial charge in [0.25, 0.3) is 0 Å². The molecule has 0 bridgehead atoms. The van der Waals surface area contributed by atoms with Gasteiger partial charge in [0.2, 0.25) is 5.70 Å². The first-order chi connectivity index (χ1) is 6.49. The second-order valence-corrected chi connectivity index (χ2v) is 3.46. The predicted octanol–water partition coefficient (Wildman–Crippen LogP) is 2.94. The fraction of sp³-hybridized carbons (Fsp3) is 0.273. The van der Waals surface area contributed by atoms with E-state index in [4.69, 9.17) is 0 Å². The van der Waals surface area contributed by atoms with E-state index in [-0.39, 0.29) is 10.6 Å². The Hall–Kier alpha value is -1.64. The number of hydrogen-bond acceptors (Lipinski definition) is 2. The fourth-order valence-electron chi connectivity index (χ4n) is 1.39. The second-order valence-electron chi connectivity index (χ2n) is 3.46. The molecule has 1 rings (SSSR count). The number of aryl methyl sites for hydroxylation is 2. The highest BCUT2D eigenvalue weighted by atomic mass is 16.6. The minimum Gasteiger partial charge on any atom is -0.259 e. The molecular formula is C11H13NO2. The topological polar surface area (TPSA) is 43.1 Å². The zero-order chi connectivity index (χ0) is 10.7. The number of hydrogen-bond donors (Lipinski definition) is 0. The Labute approximate surface area is 83.2 Å².